The number of carbonyl (C=O) groups excluding carboxylic acids is 1. The minimum absolute atomic E-state index is 0.101. The molecule has 0 aliphatic rings. The Bertz CT molecular complexity index is 778. The van der Waals surface area contributed by atoms with Gasteiger partial charge in [-0.25, -0.2) is 4.79 Å². The zero-order valence-electron chi connectivity index (χ0n) is 14.9. The number of rotatable bonds is 7. The maximum atomic E-state index is 12.2. The van der Waals surface area contributed by atoms with E-state index in [-0.39, 0.29) is 16.5 Å². The first-order valence-corrected chi connectivity index (χ1v) is 9.44. The number of para-hydroxylation sites is 1. The molecule has 0 radical (unpaired) electrons. The van der Waals surface area contributed by atoms with Gasteiger partial charge in [0.2, 0.25) is 0 Å². The number of carbonyl (C=O) groups is 1. The van der Waals surface area contributed by atoms with Crippen LogP contribution in [0.3, 0.4) is 0 Å². The summed E-state index contributed by atoms with van der Waals surface area (Å²) in [5, 5.41) is 13.0. The van der Waals surface area contributed by atoms with Crippen LogP contribution in [0.15, 0.2) is 30.3 Å². The molecule has 26 heavy (non-hydrogen) atoms. The first-order chi connectivity index (χ1) is 12.4. The second-order valence-corrected chi connectivity index (χ2v) is 6.91. The largest absolute Gasteiger partial charge is 0.504 e. The van der Waals surface area contributed by atoms with Crippen LogP contribution in [0.5, 0.6) is 11.5 Å². The van der Waals surface area contributed by atoms with E-state index in [0.29, 0.717) is 16.3 Å². The predicted molar refractivity (Wildman–Crippen MR) is 107 cm³/mol. The highest BCUT2D eigenvalue weighted by atomic mass is 35.5. The van der Waals surface area contributed by atoms with Crippen molar-refractivity contribution in [3.63, 3.8) is 0 Å². The van der Waals surface area contributed by atoms with Crippen LogP contribution >= 0.6 is 23.2 Å². The third-order valence-corrected chi connectivity index (χ3v) is 4.99. The Morgan fingerprint density at radius 1 is 1.19 bits per heavy atom. The molecule has 4 nitrogen and oxygen atoms in total. The Hall–Kier alpha value is -1.91. The van der Waals surface area contributed by atoms with Gasteiger partial charge < -0.3 is 9.84 Å². The molecular formula is C20H23Cl2NO3. The lowest BCUT2D eigenvalue weighted by Gasteiger charge is -2.13. The Kier molecular flexibility index (Phi) is 7.61. The van der Waals surface area contributed by atoms with Crippen LogP contribution in [0.1, 0.15) is 43.7 Å². The summed E-state index contributed by atoms with van der Waals surface area (Å²) in [7, 11) is 0. The minimum Gasteiger partial charge on any atom is -0.504 e. The smallest absolute Gasteiger partial charge is 0.417 e. The van der Waals surface area contributed by atoms with E-state index in [1.165, 1.54) is 18.9 Å². The molecular weight excluding hydrogens is 373 g/mol. The fourth-order valence-electron chi connectivity index (χ4n) is 2.59. The molecule has 0 aliphatic carbocycles. The number of hydrogen-bond donors (Lipinski definition) is 2. The maximum Gasteiger partial charge on any atom is 0.417 e. The van der Waals surface area contributed by atoms with Crippen molar-refractivity contribution in [3.8, 4) is 11.5 Å². The van der Waals surface area contributed by atoms with Crippen LogP contribution in [-0.2, 0) is 6.42 Å². The van der Waals surface area contributed by atoms with Crippen molar-refractivity contribution in [1.82, 2.24) is 0 Å². The molecule has 0 spiro atoms. The second-order valence-electron chi connectivity index (χ2n) is 6.13. The molecule has 0 bridgehead atoms. The highest BCUT2D eigenvalue weighted by Gasteiger charge is 2.16. The summed E-state index contributed by atoms with van der Waals surface area (Å²) in [5.74, 6) is 0.267. The number of anilines is 1. The van der Waals surface area contributed by atoms with Crippen molar-refractivity contribution < 1.29 is 14.6 Å². The first-order valence-electron chi connectivity index (χ1n) is 8.68. The normalized spacial score (nSPS) is 10.6. The quantitative estimate of drug-likeness (QED) is 0.402. The summed E-state index contributed by atoms with van der Waals surface area (Å²) >= 11 is 12.1. The van der Waals surface area contributed by atoms with Gasteiger partial charge in [-0.1, -0.05) is 67.6 Å². The molecule has 1 amide bonds. The summed E-state index contributed by atoms with van der Waals surface area (Å²) in [4.78, 5) is 12.2. The molecule has 0 unspecified atom stereocenters. The predicted octanol–water partition coefficient (Wildman–Crippen LogP) is 6.74. The van der Waals surface area contributed by atoms with Crippen LogP contribution in [0.4, 0.5) is 10.5 Å². The molecule has 0 aromatic heterocycles. The maximum absolute atomic E-state index is 12.2. The van der Waals surface area contributed by atoms with E-state index in [4.69, 9.17) is 27.9 Å². The molecule has 0 fully saturated rings. The number of halogens is 2. The molecule has 0 heterocycles. The van der Waals surface area contributed by atoms with E-state index in [9.17, 15) is 9.90 Å². The number of phenolic OH excluding ortho intramolecular Hbond substituents is 1. The van der Waals surface area contributed by atoms with Gasteiger partial charge in [-0.3, -0.25) is 5.32 Å². The summed E-state index contributed by atoms with van der Waals surface area (Å²) in [5.41, 5.74) is 1.63. The Morgan fingerprint density at radius 3 is 2.65 bits per heavy atom. The first kappa shape index (κ1) is 20.4. The van der Waals surface area contributed by atoms with E-state index in [1.54, 1.807) is 13.0 Å². The molecule has 140 valence electrons. The highest BCUT2D eigenvalue weighted by molar-refractivity contribution is 6.37. The average Bonchev–Trinajstić information content (AvgIpc) is 2.62. The number of aryl methyl sites for hydroxylation is 1. The Morgan fingerprint density at radius 2 is 1.92 bits per heavy atom. The fraction of sp³-hybridized carbons (Fsp3) is 0.350. The van der Waals surface area contributed by atoms with Crippen molar-refractivity contribution >= 4 is 35.0 Å². The highest BCUT2D eigenvalue weighted by Crippen LogP contribution is 2.38. The summed E-state index contributed by atoms with van der Waals surface area (Å²) in [6.07, 6.45) is 4.68. The van der Waals surface area contributed by atoms with Crippen molar-refractivity contribution in [2.75, 3.05) is 5.32 Å². The fourth-order valence-corrected chi connectivity index (χ4v) is 3.04. The molecule has 2 rings (SSSR count). The Balaban J connectivity index is 2.07. The number of amides is 1. The summed E-state index contributed by atoms with van der Waals surface area (Å²) in [6, 6.07) is 8.88. The van der Waals surface area contributed by atoms with Gasteiger partial charge in [-0.05, 0) is 43.0 Å². The zero-order chi connectivity index (χ0) is 19.1. The molecule has 0 saturated heterocycles. The molecule has 0 atom stereocenters. The van der Waals surface area contributed by atoms with Gasteiger partial charge in [-0.2, -0.15) is 0 Å². The lowest BCUT2D eigenvalue weighted by molar-refractivity contribution is 0.214. The summed E-state index contributed by atoms with van der Waals surface area (Å²) in [6.45, 7) is 3.85. The number of hydrogen-bond acceptors (Lipinski definition) is 3. The molecule has 2 aromatic rings. The lowest BCUT2D eigenvalue weighted by Crippen LogP contribution is -2.17. The van der Waals surface area contributed by atoms with Crippen molar-refractivity contribution in [1.29, 1.82) is 0 Å². The average molecular weight is 396 g/mol. The van der Waals surface area contributed by atoms with E-state index < -0.39 is 6.09 Å². The van der Waals surface area contributed by atoms with Gasteiger partial charge >= 0.3 is 6.09 Å². The van der Waals surface area contributed by atoms with Crippen molar-refractivity contribution in [3.05, 3.63) is 51.5 Å². The summed E-state index contributed by atoms with van der Waals surface area (Å²) < 4.78 is 5.42. The van der Waals surface area contributed by atoms with E-state index in [2.05, 4.69) is 12.2 Å². The number of ether oxygens (including phenoxy) is 1. The second kappa shape index (κ2) is 9.70. The van der Waals surface area contributed by atoms with Gasteiger partial charge in [0.05, 0.1) is 10.7 Å². The monoisotopic (exact) mass is 395 g/mol. The van der Waals surface area contributed by atoms with E-state index in [1.807, 2.05) is 18.2 Å². The lowest BCUT2D eigenvalue weighted by atomic mass is 10.1. The van der Waals surface area contributed by atoms with Gasteiger partial charge in [0, 0.05) is 5.02 Å². The van der Waals surface area contributed by atoms with Gasteiger partial charge in [0.1, 0.15) is 5.75 Å². The van der Waals surface area contributed by atoms with Crippen LogP contribution < -0.4 is 10.1 Å². The molecule has 2 N–H and O–H groups in total. The van der Waals surface area contributed by atoms with Crippen LogP contribution in [-0.4, -0.2) is 11.2 Å². The number of nitrogens with one attached hydrogen (secondary N) is 1. The Labute approximate surface area is 164 Å². The van der Waals surface area contributed by atoms with E-state index in [0.717, 1.165) is 24.8 Å². The third-order valence-electron chi connectivity index (χ3n) is 4.13. The van der Waals surface area contributed by atoms with Gasteiger partial charge in [0.15, 0.2) is 5.75 Å². The number of phenols is 1. The molecule has 0 saturated carbocycles. The van der Waals surface area contributed by atoms with Gasteiger partial charge in [0.25, 0.3) is 0 Å². The number of aromatic hydroxyl groups is 1. The number of benzene rings is 2. The third kappa shape index (κ3) is 5.29. The van der Waals surface area contributed by atoms with Crippen LogP contribution in [0, 0.1) is 6.92 Å². The van der Waals surface area contributed by atoms with Crippen molar-refractivity contribution in [2.45, 2.75) is 46.0 Å². The molecule has 2 aromatic carbocycles. The SMILES string of the molecule is CCCCCCc1ccccc1OC(=O)Nc1cc(Cl)c(C)c(Cl)c1O. The van der Waals surface area contributed by atoms with Crippen molar-refractivity contribution in [2.24, 2.45) is 0 Å². The zero-order valence-corrected chi connectivity index (χ0v) is 16.5. The topological polar surface area (TPSA) is 58.6 Å². The molecule has 6 heteroatoms. The van der Waals surface area contributed by atoms with E-state index >= 15 is 0 Å². The molecule has 0 aliphatic heterocycles. The minimum atomic E-state index is -0.711. The van der Waals surface area contributed by atoms with Crippen LogP contribution in [0.25, 0.3) is 0 Å². The van der Waals surface area contributed by atoms with Gasteiger partial charge in [-0.15, -0.1) is 0 Å². The number of unbranched alkanes of at least 4 members (excludes halogenated alkanes) is 3. The standard InChI is InChI=1S/C20H23Cl2NO3/c1-3-4-5-6-9-14-10-7-8-11-17(14)26-20(25)23-16-12-15(21)13(2)18(22)19(16)24/h7-8,10-12,24H,3-6,9H2,1-2H3,(H,23,25). The van der Waals surface area contributed by atoms with Crippen LogP contribution in [0.2, 0.25) is 10.0 Å².